The van der Waals surface area contributed by atoms with Crippen molar-refractivity contribution < 1.29 is 9.59 Å². The third-order valence-corrected chi connectivity index (χ3v) is 5.03. The van der Waals surface area contributed by atoms with Crippen LogP contribution in [0.5, 0.6) is 0 Å². The lowest BCUT2D eigenvalue weighted by Gasteiger charge is -2.08. The molecule has 0 bridgehead atoms. The summed E-state index contributed by atoms with van der Waals surface area (Å²) in [5, 5.41) is 0.961. The predicted molar refractivity (Wildman–Crippen MR) is 102 cm³/mol. The number of fused-ring (bicyclic) bond motifs is 1. The van der Waals surface area contributed by atoms with Crippen LogP contribution in [-0.2, 0) is 4.79 Å². The topological polar surface area (TPSA) is 71.1 Å². The fourth-order valence-corrected chi connectivity index (χ4v) is 3.47. The Labute approximate surface area is 158 Å². The SMILES string of the molecule is O=C(NNC(=O)C1CC1c1cccc(Br)c1)c1ccc2ccccc2n1. The van der Waals surface area contributed by atoms with E-state index in [2.05, 4.69) is 31.8 Å². The quantitative estimate of drug-likeness (QED) is 0.649. The molecule has 3 aromatic rings. The molecule has 0 saturated heterocycles. The van der Waals surface area contributed by atoms with E-state index in [1.165, 1.54) is 0 Å². The maximum Gasteiger partial charge on any atom is 0.288 e. The van der Waals surface area contributed by atoms with E-state index in [1.54, 1.807) is 6.07 Å². The number of nitrogens with zero attached hydrogens (tertiary/aromatic N) is 1. The van der Waals surface area contributed by atoms with Gasteiger partial charge in [0.1, 0.15) is 5.69 Å². The van der Waals surface area contributed by atoms with Gasteiger partial charge < -0.3 is 0 Å². The van der Waals surface area contributed by atoms with Crippen LogP contribution in [0.25, 0.3) is 10.9 Å². The number of rotatable bonds is 3. The van der Waals surface area contributed by atoms with E-state index < -0.39 is 5.91 Å². The Morgan fingerprint density at radius 1 is 1.00 bits per heavy atom. The second-order valence-corrected chi connectivity index (χ2v) is 7.25. The molecular formula is C20H16BrN3O2. The Morgan fingerprint density at radius 3 is 2.69 bits per heavy atom. The lowest BCUT2D eigenvalue weighted by molar-refractivity contribution is -0.123. The van der Waals surface area contributed by atoms with Crippen molar-refractivity contribution in [2.45, 2.75) is 12.3 Å². The first-order chi connectivity index (χ1) is 12.6. The van der Waals surface area contributed by atoms with Crippen LogP contribution in [0.4, 0.5) is 0 Å². The van der Waals surface area contributed by atoms with E-state index >= 15 is 0 Å². The van der Waals surface area contributed by atoms with Crippen LogP contribution in [0.15, 0.2) is 65.1 Å². The number of carbonyl (C=O) groups excluding carboxylic acids is 2. The molecule has 4 rings (SSSR count). The van der Waals surface area contributed by atoms with Gasteiger partial charge in [0.2, 0.25) is 5.91 Å². The van der Waals surface area contributed by atoms with E-state index in [1.807, 2.05) is 54.6 Å². The van der Waals surface area contributed by atoms with Crippen molar-refractivity contribution in [1.82, 2.24) is 15.8 Å². The summed E-state index contributed by atoms with van der Waals surface area (Å²) in [6.07, 6.45) is 0.784. The molecule has 2 amide bonds. The van der Waals surface area contributed by atoms with Gasteiger partial charge in [-0.05, 0) is 42.2 Å². The average Bonchev–Trinajstić information content (AvgIpc) is 3.46. The molecule has 2 unspecified atom stereocenters. The number of carbonyl (C=O) groups is 2. The predicted octanol–water partition coefficient (Wildman–Crippen LogP) is 3.56. The van der Waals surface area contributed by atoms with Gasteiger partial charge in [0.25, 0.3) is 5.91 Å². The van der Waals surface area contributed by atoms with Crippen LogP contribution in [-0.4, -0.2) is 16.8 Å². The normalized spacial score (nSPS) is 18.3. The first kappa shape index (κ1) is 16.7. The first-order valence-corrected chi connectivity index (χ1v) is 9.12. The van der Waals surface area contributed by atoms with Crippen molar-refractivity contribution >= 4 is 38.6 Å². The number of aromatic nitrogens is 1. The molecule has 1 aromatic heterocycles. The average molecular weight is 410 g/mol. The molecule has 6 heteroatoms. The maximum absolute atomic E-state index is 12.3. The summed E-state index contributed by atoms with van der Waals surface area (Å²) < 4.78 is 0.997. The van der Waals surface area contributed by atoms with Gasteiger partial charge in [0.15, 0.2) is 0 Å². The largest absolute Gasteiger partial charge is 0.288 e. The highest BCUT2D eigenvalue weighted by molar-refractivity contribution is 9.10. The molecule has 1 heterocycles. The van der Waals surface area contributed by atoms with Gasteiger partial charge in [-0.25, -0.2) is 4.98 Å². The highest BCUT2D eigenvalue weighted by atomic mass is 79.9. The molecule has 1 aliphatic carbocycles. The standard InChI is InChI=1S/C20H16BrN3O2/c21-14-6-3-5-13(10-14)15-11-16(15)19(25)23-24-20(26)18-9-8-12-4-1-2-7-17(12)22-18/h1-10,15-16H,11H2,(H,23,25)(H,24,26). The molecule has 0 radical (unpaired) electrons. The van der Waals surface area contributed by atoms with Gasteiger partial charge >= 0.3 is 0 Å². The lowest BCUT2D eigenvalue weighted by Crippen LogP contribution is -2.42. The Balaban J connectivity index is 1.36. The first-order valence-electron chi connectivity index (χ1n) is 8.33. The number of hydrogen-bond acceptors (Lipinski definition) is 3. The zero-order valence-electron chi connectivity index (χ0n) is 13.8. The van der Waals surface area contributed by atoms with Gasteiger partial charge in [0, 0.05) is 15.8 Å². The summed E-state index contributed by atoms with van der Waals surface area (Å²) >= 11 is 3.44. The summed E-state index contributed by atoms with van der Waals surface area (Å²) in [6, 6.07) is 19.0. The monoisotopic (exact) mass is 409 g/mol. The fourth-order valence-electron chi connectivity index (χ4n) is 3.06. The Kier molecular flexibility index (Phi) is 4.42. The maximum atomic E-state index is 12.3. The van der Waals surface area contributed by atoms with Crippen molar-refractivity contribution in [3.8, 4) is 0 Å². The van der Waals surface area contributed by atoms with Crippen molar-refractivity contribution in [2.75, 3.05) is 0 Å². The summed E-state index contributed by atoms with van der Waals surface area (Å²) in [6.45, 7) is 0. The third kappa shape index (κ3) is 3.46. The van der Waals surface area contributed by atoms with E-state index in [4.69, 9.17) is 0 Å². The molecule has 1 saturated carbocycles. The number of amides is 2. The second kappa shape index (κ2) is 6.88. The number of hydrazine groups is 1. The van der Waals surface area contributed by atoms with Crippen LogP contribution >= 0.6 is 15.9 Å². The minimum absolute atomic E-state index is 0.117. The molecular weight excluding hydrogens is 394 g/mol. The Morgan fingerprint density at radius 2 is 1.85 bits per heavy atom. The highest BCUT2D eigenvalue weighted by Gasteiger charge is 2.44. The van der Waals surface area contributed by atoms with Crippen LogP contribution in [0.2, 0.25) is 0 Å². The summed E-state index contributed by atoms with van der Waals surface area (Å²) in [4.78, 5) is 28.8. The zero-order valence-corrected chi connectivity index (χ0v) is 15.4. The molecule has 130 valence electrons. The molecule has 0 aliphatic heterocycles. The minimum atomic E-state index is -0.427. The number of hydrogen-bond donors (Lipinski definition) is 2. The number of para-hydroxylation sites is 1. The molecule has 5 nitrogen and oxygen atoms in total. The van der Waals surface area contributed by atoms with Crippen LogP contribution in [0, 0.1) is 5.92 Å². The van der Waals surface area contributed by atoms with Crippen molar-refractivity contribution in [3.63, 3.8) is 0 Å². The van der Waals surface area contributed by atoms with E-state index in [9.17, 15) is 9.59 Å². The molecule has 26 heavy (non-hydrogen) atoms. The molecule has 2 N–H and O–H groups in total. The van der Waals surface area contributed by atoms with Gasteiger partial charge in [0.05, 0.1) is 5.52 Å². The minimum Gasteiger partial charge on any atom is -0.273 e. The van der Waals surface area contributed by atoms with Gasteiger partial charge in [-0.3, -0.25) is 20.4 Å². The van der Waals surface area contributed by atoms with Crippen LogP contribution in [0.1, 0.15) is 28.4 Å². The fraction of sp³-hybridized carbons (Fsp3) is 0.150. The van der Waals surface area contributed by atoms with Crippen LogP contribution < -0.4 is 10.9 Å². The second-order valence-electron chi connectivity index (χ2n) is 6.34. The number of nitrogens with one attached hydrogen (secondary N) is 2. The molecule has 2 aromatic carbocycles. The smallest absolute Gasteiger partial charge is 0.273 e. The van der Waals surface area contributed by atoms with E-state index in [0.29, 0.717) is 0 Å². The summed E-state index contributed by atoms with van der Waals surface area (Å²) in [7, 11) is 0. The number of benzene rings is 2. The van der Waals surface area contributed by atoms with Crippen molar-refractivity contribution in [3.05, 3.63) is 76.4 Å². The van der Waals surface area contributed by atoms with Crippen molar-refractivity contribution in [1.29, 1.82) is 0 Å². The van der Waals surface area contributed by atoms with E-state index in [-0.39, 0.29) is 23.4 Å². The Hall–Kier alpha value is -2.73. The van der Waals surface area contributed by atoms with Crippen molar-refractivity contribution in [2.24, 2.45) is 5.92 Å². The van der Waals surface area contributed by atoms with Crippen LogP contribution in [0.3, 0.4) is 0 Å². The van der Waals surface area contributed by atoms with Gasteiger partial charge in [-0.15, -0.1) is 0 Å². The Bertz CT molecular complexity index is 1010. The summed E-state index contributed by atoms with van der Waals surface area (Å²) in [5.41, 5.74) is 7.11. The molecule has 0 spiro atoms. The van der Waals surface area contributed by atoms with Gasteiger partial charge in [-0.2, -0.15) is 0 Å². The zero-order chi connectivity index (χ0) is 18.1. The van der Waals surface area contributed by atoms with E-state index in [0.717, 1.165) is 27.4 Å². The molecule has 1 fully saturated rings. The number of halogens is 1. The highest BCUT2D eigenvalue weighted by Crippen LogP contribution is 2.47. The number of pyridine rings is 1. The molecule has 2 atom stereocenters. The molecule has 1 aliphatic rings. The lowest BCUT2D eigenvalue weighted by atomic mass is 10.1. The van der Waals surface area contributed by atoms with Gasteiger partial charge in [-0.1, -0.05) is 52.3 Å². The third-order valence-electron chi connectivity index (χ3n) is 4.53. The summed E-state index contributed by atoms with van der Waals surface area (Å²) in [5.74, 6) is -0.523.